The summed E-state index contributed by atoms with van der Waals surface area (Å²) < 4.78 is 35.4. The fraction of sp³-hybridized carbons (Fsp3) is 1.00. The molecule has 0 bridgehead atoms. The minimum absolute atomic E-state index is 0.924. The van der Waals surface area contributed by atoms with Crippen LogP contribution in [-0.2, 0) is 19.4 Å². The predicted molar refractivity (Wildman–Crippen MR) is 54.6 cm³/mol. The number of nitrogens with zero attached hydrogens (tertiary/aromatic N) is 1. The fourth-order valence-corrected chi connectivity index (χ4v) is 1.23. The predicted octanol–water partition coefficient (Wildman–Crippen LogP) is -0.721. The zero-order chi connectivity index (χ0) is 11.7. The van der Waals surface area contributed by atoms with Crippen molar-refractivity contribution in [2.45, 2.75) is 6.92 Å². The summed E-state index contributed by atoms with van der Waals surface area (Å²) in [5.41, 5.74) is 1.77. The second-order valence-electron chi connectivity index (χ2n) is 2.76. The number of rotatable bonds is 3. The Morgan fingerprint density at radius 1 is 1.47 bits per heavy atom. The van der Waals surface area contributed by atoms with Crippen LogP contribution in [-0.4, -0.2) is 57.8 Å². The molecule has 0 unspecified atom stereocenters. The van der Waals surface area contributed by atoms with E-state index in [4.69, 9.17) is 9.29 Å². The molecule has 1 aliphatic heterocycles. The van der Waals surface area contributed by atoms with Crippen LogP contribution in [0.3, 0.4) is 0 Å². The number of likely N-dealkylation sites (N-methyl/N-ethyl adjacent to an activating group) is 1. The van der Waals surface area contributed by atoms with Crippen molar-refractivity contribution in [3.63, 3.8) is 0 Å². The molecule has 1 heterocycles. The number of nitrogens with one attached hydrogen (secondary N) is 1. The molecular formula is C7H18N2O5S. The molecule has 0 aromatic heterocycles. The Morgan fingerprint density at radius 3 is 2.20 bits per heavy atom. The Labute approximate surface area is 90.3 Å². The summed E-state index contributed by atoms with van der Waals surface area (Å²) in [5.74, 6) is 0. The van der Waals surface area contributed by atoms with Gasteiger partial charge in [-0.15, -0.1) is 0 Å². The van der Waals surface area contributed by atoms with Crippen LogP contribution in [0.5, 0.6) is 0 Å². The highest BCUT2D eigenvalue weighted by Gasteiger charge is 2.05. The van der Waals surface area contributed by atoms with E-state index in [1.54, 1.807) is 5.48 Å². The molecule has 15 heavy (non-hydrogen) atoms. The van der Waals surface area contributed by atoms with Crippen molar-refractivity contribution in [3.05, 3.63) is 0 Å². The van der Waals surface area contributed by atoms with Gasteiger partial charge in [-0.05, 0) is 6.54 Å². The smallest absolute Gasteiger partial charge is 0.379 e. The maximum absolute atomic E-state index is 9.50. The molecule has 0 saturated carbocycles. The second kappa shape index (κ2) is 7.97. The molecule has 1 aliphatic rings. The van der Waals surface area contributed by atoms with Crippen molar-refractivity contribution in [3.8, 4) is 0 Å². The molecule has 1 rings (SSSR count). The average Bonchev–Trinajstić information content (AvgIpc) is 2.18. The van der Waals surface area contributed by atoms with Gasteiger partial charge in [-0.3, -0.25) is 9.45 Å². The first-order valence-corrected chi connectivity index (χ1v) is 5.98. The summed E-state index contributed by atoms with van der Waals surface area (Å²) in [6.45, 7) is 7.45. The molecule has 0 atom stereocenters. The molecule has 0 amide bonds. The summed E-state index contributed by atoms with van der Waals surface area (Å²) >= 11 is 0. The molecule has 2 N–H and O–H groups in total. The fourth-order valence-electron chi connectivity index (χ4n) is 1.02. The van der Waals surface area contributed by atoms with Crippen LogP contribution in [0.2, 0.25) is 0 Å². The molecule has 1 saturated heterocycles. The molecule has 1 fully saturated rings. The van der Waals surface area contributed by atoms with Crippen molar-refractivity contribution in [2.75, 3.05) is 39.9 Å². The van der Waals surface area contributed by atoms with E-state index in [1.807, 2.05) is 0 Å². The summed E-state index contributed by atoms with van der Waals surface area (Å²) in [7, 11) is -3.07. The maximum Gasteiger partial charge on any atom is 0.413 e. The third kappa shape index (κ3) is 10.0. The van der Waals surface area contributed by atoms with E-state index in [0.29, 0.717) is 0 Å². The molecule has 0 aromatic carbocycles. The highest BCUT2D eigenvalue weighted by molar-refractivity contribution is 7.80. The van der Waals surface area contributed by atoms with Gasteiger partial charge in [0, 0.05) is 20.1 Å². The van der Waals surface area contributed by atoms with E-state index in [1.165, 1.54) is 13.6 Å². The zero-order valence-corrected chi connectivity index (χ0v) is 9.79. The molecule has 0 aliphatic carbocycles. The van der Waals surface area contributed by atoms with Crippen molar-refractivity contribution in [1.29, 1.82) is 0 Å². The molecule has 8 heteroatoms. The zero-order valence-electron chi connectivity index (χ0n) is 8.97. The Balaban J connectivity index is 0.000000265. The number of hydrogen-bond acceptors (Lipinski definition) is 6. The van der Waals surface area contributed by atoms with Gasteiger partial charge in [0.2, 0.25) is 0 Å². The lowest BCUT2D eigenvalue weighted by Gasteiger charge is -2.24. The third-order valence-electron chi connectivity index (χ3n) is 1.74. The lowest BCUT2D eigenvalue weighted by atomic mass is 10.4. The first kappa shape index (κ1) is 14.8. The summed E-state index contributed by atoms with van der Waals surface area (Å²) in [6, 6.07) is 0. The largest absolute Gasteiger partial charge is 0.413 e. The van der Waals surface area contributed by atoms with E-state index in [0.717, 1.165) is 26.3 Å². The number of ether oxygens (including phenoxy) is 1. The number of hydrogen-bond donors (Lipinski definition) is 2. The highest BCUT2D eigenvalue weighted by Crippen LogP contribution is 1.93. The van der Waals surface area contributed by atoms with Gasteiger partial charge < -0.3 is 4.74 Å². The third-order valence-corrected chi connectivity index (χ3v) is 2.12. The van der Waals surface area contributed by atoms with Crippen molar-refractivity contribution < 1.29 is 22.0 Å². The minimum atomic E-state index is -4.29. The number of morpholine rings is 1. The second-order valence-corrected chi connectivity index (χ2v) is 3.78. The molecular weight excluding hydrogens is 224 g/mol. The average molecular weight is 242 g/mol. The van der Waals surface area contributed by atoms with Gasteiger partial charge in [0.05, 0.1) is 13.2 Å². The minimum Gasteiger partial charge on any atom is -0.379 e. The van der Waals surface area contributed by atoms with E-state index in [2.05, 4.69) is 16.1 Å². The Hall–Kier alpha value is -0.250. The van der Waals surface area contributed by atoms with Gasteiger partial charge in [0.25, 0.3) is 0 Å². The molecule has 7 nitrogen and oxygen atoms in total. The molecule has 0 radical (unpaired) electrons. The van der Waals surface area contributed by atoms with E-state index < -0.39 is 10.4 Å². The van der Waals surface area contributed by atoms with Gasteiger partial charge in [-0.1, -0.05) is 6.92 Å². The van der Waals surface area contributed by atoms with Gasteiger partial charge in [-0.25, -0.2) is 0 Å². The summed E-state index contributed by atoms with van der Waals surface area (Å²) in [5, 5.41) is 0. The van der Waals surface area contributed by atoms with Crippen LogP contribution in [0, 0.1) is 0 Å². The van der Waals surface area contributed by atoms with Crippen LogP contribution in [0.4, 0.5) is 0 Å². The normalized spacial score (nSPS) is 18.1. The van der Waals surface area contributed by atoms with E-state index in [-0.39, 0.29) is 0 Å². The van der Waals surface area contributed by atoms with E-state index >= 15 is 0 Å². The monoisotopic (exact) mass is 242 g/mol. The SMILES string of the molecule is CCN1CCOCC1.CNOS(=O)(=O)O. The first-order chi connectivity index (χ1) is 6.99. The highest BCUT2D eigenvalue weighted by atomic mass is 32.3. The lowest BCUT2D eigenvalue weighted by Crippen LogP contribution is -2.35. The van der Waals surface area contributed by atoms with Crippen molar-refractivity contribution in [1.82, 2.24) is 10.4 Å². The topological polar surface area (TPSA) is 88.1 Å². The Morgan fingerprint density at radius 2 is 2.00 bits per heavy atom. The Bertz CT molecular complexity index is 238. The Kier molecular flexibility index (Phi) is 7.83. The summed E-state index contributed by atoms with van der Waals surface area (Å²) in [6.07, 6.45) is 0. The van der Waals surface area contributed by atoms with Crippen LogP contribution in [0.15, 0.2) is 0 Å². The van der Waals surface area contributed by atoms with Crippen LogP contribution in [0.1, 0.15) is 6.92 Å². The van der Waals surface area contributed by atoms with Crippen molar-refractivity contribution in [2.24, 2.45) is 0 Å². The quantitative estimate of drug-likeness (QED) is 0.498. The summed E-state index contributed by atoms with van der Waals surface area (Å²) in [4.78, 5) is 2.39. The molecule has 92 valence electrons. The van der Waals surface area contributed by atoms with Crippen molar-refractivity contribution >= 4 is 10.4 Å². The first-order valence-electron chi connectivity index (χ1n) is 4.62. The van der Waals surface area contributed by atoms with Crippen LogP contribution < -0.4 is 5.48 Å². The van der Waals surface area contributed by atoms with Crippen LogP contribution in [0.25, 0.3) is 0 Å². The number of hydroxylamine groups is 1. The van der Waals surface area contributed by atoms with E-state index in [9.17, 15) is 8.42 Å². The molecule has 0 aromatic rings. The molecule has 0 spiro atoms. The maximum atomic E-state index is 9.50. The van der Waals surface area contributed by atoms with Gasteiger partial charge in [0.1, 0.15) is 0 Å². The van der Waals surface area contributed by atoms with Gasteiger partial charge >= 0.3 is 10.4 Å². The van der Waals surface area contributed by atoms with Gasteiger partial charge in [-0.2, -0.15) is 18.2 Å². The standard InChI is InChI=1S/C6H13NO.CH5NO4S/c1-2-7-3-5-8-6-4-7;1-2-6-7(3,4)5/h2-6H2,1H3;2H,1H3,(H,3,4,5). The lowest BCUT2D eigenvalue weighted by molar-refractivity contribution is 0.0405. The van der Waals surface area contributed by atoms with Crippen LogP contribution >= 0.6 is 0 Å². The van der Waals surface area contributed by atoms with Gasteiger partial charge in [0.15, 0.2) is 0 Å².